The van der Waals surface area contributed by atoms with Crippen LogP contribution in [0, 0.1) is 17.8 Å². The van der Waals surface area contributed by atoms with Crippen LogP contribution in [0.2, 0.25) is 0 Å². The molecule has 33 heteroatoms. The molecule has 4 aliphatic rings. The van der Waals surface area contributed by atoms with E-state index in [2.05, 4.69) is 16.0 Å². The number of hydrogen-bond acceptors (Lipinski definition) is 29. The maximum absolute atomic E-state index is 14.0. The number of aliphatic carboxylic acids is 1. The molecule has 2 aliphatic carbocycles. The monoisotopic (exact) mass is 1470 g/mol. The molecular formula is C69H117N3O30. The second-order valence-electron chi connectivity index (χ2n) is 25.0. The molecule has 1 aromatic rings. The first-order valence-corrected chi connectivity index (χ1v) is 36.0. The van der Waals surface area contributed by atoms with Gasteiger partial charge in [-0.05, 0) is 43.6 Å². The van der Waals surface area contributed by atoms with Crippen molar-refractivity contribution in [1.29, 1.82) is 0 Å². The van der Waals surface area contributed by atoms with Crippen molar-refractivity contribution in [2.24, 2.45) is 17.8 Å². The van der Waals surface area contributed by atoms with Crippen LogP contribution in [0.1, 0.15) is 90.5 Å². The lowest BCUT2D eigenvalue weighted by Gasteiger charge is -2.49. The van der Waals surface area contributed by atoms with E-state index in [1.165, 1.54) is 13.8 Å². The van der Waals surface area contributed by atoms with Gasteiger partial charge in [0.05, 0.1) is 183 Å². The number of amides is 3. The molecule has 0 bridgehead atoms. The van der Waals surface area contributed by atoms with Crippen molar-refractivity contribution in [3.05, 3.63) is 35.9 Å². The average Bonchev–Trinajstić information content (AvgIpc) is 0.779. The molecule has 3 amide bonds. The van der Waals surface area contributed by atoms with E-state index in [9.17, 15) is 54.6 Å². The molecule has 0 spiro atoms. The lowest BCUT2D eigenvalue weighted by atomic mass is 9.75. The van der Waals surface area contributed by atoms with Crippen LogP contribution in [0.15, 0.2) is 30.3 Å². The van der Waals surface area contributed by atoms with E-state index < -0.39 is 116 Å². The Hall–Kier alpha value is -4.51. The molecule has 2 aliphatic heterocycles. The molecule has 0 radical (unpaired) electrons. The van der Waals surface area contributed by atoms with Gasteiger partial charge in [0.15, 0.2) is 18.7 Å². The predicted molar refractivity (Wildman–Crippen MR) is 358 cm³/mol. The zero-order valence-electron chi connectivity index (χ0n) is 59.7. The quantitative estimate of drug-likeness (QED) is 0.0318. The van der Waals surface area contributed by atoms with Gasteiger partial charge in [-0.2, -0.15) is 0 Å². The summed E-state index contributed by atoms with van der Waals surface area (Å²) in [5.41, 5.74) is 0.880. The molecule has 33 nitrogen and oxygen atoms in total. The molecule has 1 aromatic carbocycles. The van der Waals surface area contributed by atoms with Crippen LogP contribution in [-0.4, -0.2) is 325 Å². The Balaban J connectivity index is 0.822. The van der Waals surface area contributed by atoms with Gasteiger partial charge in [-0.1, -0.05) is 75.8 Å². The molecule has 2 saturated carbocycles. The van der Waals surface area contributed by atoms with Crippen molar-refractivity contribution in [3.8, 4) is 0 Å². The second-order valence-corrected chi connectivity index (χ2v) is 25.0. The lowest BCUT2D eigenvalue weighted by Crippen LogP contribution is -2.67. The van der Waals surface area contributed by atoms with Gasteiger partial charge >= 0.3 is 12.1 Å². The second kappa shape index (κ2) is 54.1. The summed E-state index contributed by atoms with van der Waals surface area (Å²) in [6, 6.07) is 8.00. The van der Waals surface area contributed by atoms with Gasteiger partial charge in [0.25, 0.3) is 0 Å². The highest BCUT2D eigenvalue weighted by Crippen LogP contribution is 2.40. The Morgan fingerprint density at radius 1 is 0.549 bits per heavy atom. The maximum atomic E-state index is 14.0. The minimum Gasteiger partial charge on any atom is -0.479 e. The van der Waals surface area contributed by atoms with Crippen molar-refractivity contribution in [2.75, 3.05) is 185 Å². The van der Waals surface area contributed by atoms with Crippen LogP contribution in [0.5, 0.6) is 0 Å². The van der Waals surface area contributed by atoms with E-state index >= 15 is 0 Å². The molecule has 5 rings (SSSR count). The van der Waals surface area contributed by atoms with Gasteiger partial charge < -0.3 is 137 Å². The summed E-state index contributed by atoms with van der Waals surface area (Å²) in [6.45, 7) is 13.5. The molecule has 2 saturated heterocycles. The van der Waals surface area contributed by atoms with Crippen molar-refractivity contribution in [1.82, 2.24) is 16.0 Å². The average molecular weight is 1470 g/mol. The molecule has 9 N–H and O–H groups in total. The number of ether oxygens (including phenoxy) is 19. The van der Waals surface area contributed by atoms with E-state index in [0.29, 0.717) is 145 Å². The largest absolute Gasteiger partial charge is 0.508 e. The number of aliphatic hydroxyl groups excluding tert-OH is 5. The van der Waals surface area contributed by atoms with Crippen LogP contribution < -0.4 is 16.0 Å². The van der Waals surface area contributed by atoms with Crippen LogP contribution in [0.4, 0.5) is 4.79 Å². The number of carboxylic acids is 1. The summed E-state index contributed by atoms with van der Waals surface area (Å²) in [5.74, 6) is -3.68. The number of nitrogens with one attached hydrogen (secondary N) is 3. The van der Waals surface area contributed by atoms with Gasteiger partial charge in [-0.15, -0.1) is 0 Å². The number of carbonyl (C=O) groups excluding carboxylic acids is 4. The van der Waals surface area contributed by atoms with E-state index in [-0.39, 0.29) is 89.5 Å². The molecule has 4 fully saturated rings. The van der Waals surface area contributed by atoms with Gasteiger partial charge in [0, 0.05) is 32.4 Å². The van der Waals surface area contributed by atoms with Crippen LogP contribution in [0.25, 0.3) is 0 Å². The number of aliphatic hydroxyl groups is 5. The van der Waals surface area contributed by atoms with Crippen molar-refractivity contribution >= 4 is 29.8 Å². The minimum atomic E-state index is -1.69. The predicted octanol–water partition coefficient (Wildman–Crippen LogP) is 0.587. The highest BCUT2D eigenvalue weighted by molar-refractivity contribution is 5.79. The van der Waals surface area contributed by atoms with E-state index in [4.69, 9.17) is 90.0 Å². The smallest absolute Gasteiger partial charge is 0.479 e. The lowest BCUT2D eigenvalue weighted by molar-refractivity contribution is -0.338. The van der Waals surface area contributed by atoms with Crippen LogP contribution >= 0.6 is 0 Å². The molecule has 588 valence electrons. The summed E-state index contributed by atoms with van der Waals surface area (Å²) in [5, 5.41) is 72.9. The Kier molecular flexibility index (Phi) is 46.8. The first-order chi connectivity index (χ1) is 49.6. The highest BCUT2D eigenvalue weighted by atomic mass is 16.7. The fourth-order valence-electron chi connectivity index (χ4n) is 11.8. The Morgan fingerprint density at radius 3 is 1.52 bits per heavy atom. The van der Waals surface area contributed by atoms with Gasteiger partial charge in [-0.3, -0.25) is 14.4 Å². The van der Waals surface area contributed by atoms with Gasteiger partial charge in [-0.25, -0.2) is 9.59 Å². The summed E-state index contributed by atoms with van der Waals surface area (Å²) < 4.78 is 107. The minimum absolute atomic E-state index is 0.0393. The molecule has 0 aromatic heterocycles. The van der Waals surface area contributed by atoms with Crippen LogP contribution in [0.3, 0.4) is 0 Å². The van der Waals surface area contributed by atoms with Crippen molar-refractivity contribution < 1.29 is 145 Å². The molecule has 15 atom stereocenters. The summed E-state index contributed by atoms with van der Waals surface area (Å²) in [7, 11) is 0. The number of rotatable bonds is 57. The van der Waals surface area contributed by atoms with Crippen molar-refractivity contribution in [2.45, 2.75) is 171 Å². The fraction of sp³-hybridized carbons (Fsp3) is 0.841. The Morgan fingerprint density at radius 2 is 1.04 bits per heavy atom. The summed E-state index contributed by atoms with van der Waals surface area (Å²) >= 11 is 0. The fourth-order valence-corrected chi connectivity index (χ4v) is 11.8. The first kappa shape index (κ1) is 88.1. The number of carbonyl (C=O) groups is 5. The van der Waals surface area contributed by atoms with Crippen LogP contribution in [-0.2, 0) is 116 Å². The van der Waals surface area contributed by atoms with E-state index in [1.807, 2.05) is 37.3 Å². The first-order valence-electron chi connectivity index (χ1n) is 36.0. The molecule has 102 heavy (non-hydrogen) atoms. The third-order valence-electron chi connectivity index (χ3n) is 17.3. The molecular weight excluding hydrogens is 1350 g/mol. The molecule has 2 heterocycles. The topological polar surface area (TPSA) is 418 Å². The summed E-state index contributed by atoms with van der Waals surface area (Å²) in [4.78, 5) is 63.8. The van der Waals surface area contributed by atoms with Gasteiger partial charge in [0.2, 0.25) is 17.7 Å². The van der Waals surface area contributed by atoms with Gasteiger partial charge in [0.1, 0.15) is 55.9 Å². The summed E-state index contributed by atoms with van der Waals surface area (Å²) in [6.07, 6.45) is -11.9. The number of carboxylic acid groups (broad SMARTS) is 1. The zero-order valence-corrected chi connectivity index (χ0v) is 59.7. The Bertz CT molecular complexity index is 2360. The maximum Gasteiger partial charge on any atom is 0.508 e. The number of hydrogen-bond donors (Lipinski definition) is 9. The zero-order chi connectivity index (χ0) is 73.4. The SMILES string of the molecule is CCC1CC(C(=O)NCCNC(=O)CCOCCOCCOCCOCCOCCOCCOCCOCCOCCOCCOCCOCCOC(=O)OCc2ccccc2)C[C@@H](O[C@@H]2OC(CO)[C@H](O)C(O[C@@H](CC3CCCCC3)C(=O)O)C2NC(C)=O)C1O[C@@H]1OC(C)[C@@H](O)C(O)C1O. The highest BCUT2D eigenvalue weighted by Gasteiger charge is 2.53. The van der Waals surface area contributed by atoms with E-state index in [1.54, 1.807) is 0 Å². The molecule has 9 unspecified atom stereocenters. The standard InChI is InChI=1S/C69H117N3O30/c1-4-52-44-53(45-54(63(52)102-68-62(79)61(78)59(76)48(2)98-68)100-67-58(72-49(3)74)64(60(77)56(46-73)101-67)99-55(66(81)82)43-50-11-7-5-8-12-50)65(80)71-17-16-70-57(75)15-18-84-19-20-85-21-22-86-23-24-87-25-26-88-27-28-89-29-30-90-31-32-91-33-34-92-35-36-93-37-38-94-39-40-95-41-42-96-69(83)97-47-51-13-9-6-10-14-51/h6,9-10,13-14,48,50,52-56,58-64,67-68,73,76-79H,4-5,7-8,11-12,15-47H2,1-3H3,(H,70,75)(H,71,80)(H,72,74)(H,81,82)/t48?,52?,53?,54-,55+,56?,58?,59-,60+,61?,62?,63?,64?,67-,68+/m1/s1. The van der Waals surface area contributed by atoms with Crippen molar-refractivity contribution in [3.63, 3.8) is 0 Å². The van der Waals surface area contributed by atoms with E-state index in [0.717, 1.165) is 37.7 Å². The third kappa shape index (κ3) is 36.2. The Labute approximate surface area is 598 Å². The normalized spacial score (nSPS) is 25.7. The number of benzene rings is 1. The third-order valence-corrected chi connectivity index (χ3v) is 17.3.